The topological polar surface area (TPSA) is 49.0 Å². The van der Waals surface area contributed by atoms with Gasteiger partial charge in [0, 0.05) is 6.20 Å². The number of nitrogens with zero attached hydrogens (tertiary/aromatic N) is 3. The van der Waals surface area contributed by atoms with Gasteiger partial charge in [0.2, 0.25) is 0 Å². The lowest BCUT2D eigenvalue weighted by atomic mass is 10.0. The molecule has 64 valence electrons. The van der Waals surface area contributed by atoms with Crippen molar-refractivity contribution in [3.63, 3.8) is 0 Å². The maximum atomic E-state index is 8.94. The molecule has 3 nitrogen and oxygen atoms in total. The second-order valence-electron chi connectivity index (χ2n) is 3.25. The fourth-order valence-corrected chi connectivity index (χ4v) is 1.33. The Labute approximate surface area is 76.8 Å². The van der Waals surface area contributed by atoms with Gasteiger partial charge in [0.05, 0.1) is 22.9 Å². The van der Waals surface area contributed by atoms with Gasteiger partial charge < -0.3 is 0 Å². The normalized spacial score (nSPS) is 17.5. The Hall–Kier alpha value is -1.69. The summed E-state index contributed by atoms with van der Waals surface area (Å²) in [6, 6.07) is 5.91. The highest BCUT2D eigenvalue weighted by atomic mass is 14.8. The molecule has 1 aromatic heterocycles. The molecule has 1 heterocycles. The van der Waals surface area contributed by atoms with Gasteiger partial charge in [-0.3, -0.25) is 9.98 Å². The van der Waals surface area contributed by atoms with Gasteiger partial charge in [0.1, 0.15) is 0 Å². The van der Waals surface area contributed by atoms with Gasteiger partial charge in [0.15, 0.2) is 0 Å². The van der Waals surface area contributed by atoms with Crippen molar-refractivity contribution < 1.29 is 0 Å². The van der Waals surface area contributed by atoms with Crippen molar-refractivity contribution in [2.45, 2.75) is 18.3 Å². The van der Waals surface area contributed by atoms with Gasteiger partial charge in [-0.05, 0) is 31.7 Å². The van der Waals surface area contributed by atoms with E-state index in [0.29, 0.717) is 0 Å². The van der Waals surface area contributed by atoms with E-state index in [-0.39, 0.29) is 5.41 Å². The van der Waals surface area contributed by atoms with Gasteiger partial charge in [0.25, 0.3) is 0 Å². The molecular weight excluding hydrogens is 162 g/mol. The van der Waals surface area contributed by atoms with Crippen LogP contribution in [0.25, 0.3) is 0 Å². The lowest BCUT2D eigenvalue weighted by Crippen LogP contribution is -2.04. The molecule has 1 aliphatic carbocycles. The largest absolute Gasteiger partial charge is 0.265 e. The molecule has 1 aromatic rings. The zero-order valence-corrected chi connectivity index (χ0v) is 7.20. The van der Waals surface area contributed by atoms with Crippen molar-refractivity contribution >= 4 is 12.4 Å². The molecule has 0 aliphatic heterocycles. The third-order valence-electron chi connectivity index (χ3n) is 2.38. The van der Waals surface area contributed by atoms with Crippen LogP contribution in [-0.2, 0) is 5.41 Å². The molecule has 1 aliphatic rings. The first-order chi connectivity index (χ1) is 6.30. The van der Waals surface area contributed by atoms with Crippen LogP contribution >= 0.6 is 0 Å². The Balaban J connectivity index is 2.42. The third kappa shape index (κ3) is 1.20. The van der Waals surface area contributed by atoms with E-state index in [4.69, 9.17) is 5.26 Å². The fourth-order valence-electron chi connectivity index (χ4n) is 1.33. The number of rotatable bonds is 2. The summed E-state index contributed by atoms with van der Waals surface area (Å²) in [7, 11) is 0. The van der Waals surface area contributed by atoms with E-state index in [1.54, 1.807) is 12.3 Å². The van der Waals surface area contributed by atoms with Crippen LogP contribution < -0.4 is 0 Å². The quantitative estimate of drug-likeness (QED) is 0.638. The molecule has 0 spiro atoms. The highest BCUT2D eigenvalue weighted by Crippen LogP contribution is 2.47. The van der Waals surface area contributed by atoms with Crippen molar-refractivity contribution in [1.29, 1.82) is 5.26 Å². The van der Waals surface area contributed by atoms with Crippen LogP contribution in [0.15, 0.2) is 23.3 Å². The molecule has 3 heteroatoms. The van der Waals surface area contributed by atoms with E-state index < -0.39 is 0 Å². The Bertz CT molecular complexity index is 385. The van der Waals surface area contributed by atoms with Gasteiger partial charge >= 0.3 is 0 Å². The van der Waals surface area contributed by atoms with E-state index >= 15 is 0 Å². The number of aliphatic imine (C=N–C) groups is 1. The maximum absolute atomic E-state index is 8.94. The second kappa shape index (κ2) is 2.67. The molecule has 0 radical (unpaired) electrons. The smallest absolute Gasteiger partial charge is 0.0995 e. The van der Waals surface area contributed by atoms with E-state index in [1.807, 2.05) is 6.07 Å². The van der Waals surface area contributed by atoms with E-state index in [0.717, 1.165) is 24.2 Å². The minimum absolute atomic E-state index is 0.319. The van der Waals surface area contributed by atoms with Crippen LogP contribution in [-0.4, -0.2) is 11.7 Å². The van der Waals surface area contributed by atoms with Crippen molar-refractivity contribution in [2.24, 2.45) is 4.99 Å². The third-order valence-corrected chi connectivity index (χ3v) is 2.38. The summed E-state index contributed by atoms with van der Waals surface area (Å²) >= 11 is 0. The van der Waals surface area contributed by atoms with E-state index in [9.17, 15) is 0 Å². The van der Waals surface area contributed by atoms with Crippen LogP contribution in [0.5, 0.6) is 0 Å². The number of hydrogen-bond donors (Lipinski definition) is 0. The van der Waals surface area contributed by atoms with Crippen LogP contribution in [0.1, 0.15) is 18.5 Å². The summed E-state index contributed by atoms with van der Waals surface area (Å²) in [5, 5.41) is 8.94. The molecule has 1 fully saturated rings. The summed E-state index contributed by atoms with van der Waals surface area (Å²) in [5.41, 5.74) is 1.30. The Morgan fingerprint density at radius 2 is 2.38 bits per heavy atom. The van der Waals surface area contributed by atoms with Gasteiger partial charge in [-0.25, -0.2) is 0 Å². The average Bonchev–Trinajstić information content (AvgIpc) is 2.99. The van der Waals surface area contributed by atoms with Gasteiger partial charge in [-0.2, -0.15) is 5.26 Å². The number of pyridine rings is 1. The molecule has 0 N–H and O–H groups in total. The SMILES string of the molecule is C=Nc1ccnc(C2(C#N)CC2)c1. The van der Waals surface area contributed by atoms with Crippen LogP contribution in [0, 0.1) is 11.3 Å². The summed E-state index contributed by atoms with van der Waals surface area (Å²) in [5.74, 6) is 0. The number of nitriles is 1. The predicted molar refractivity (Wildman–Crippen MR) is 50.0 cm³/mol. The first-order valence-electron chi connectivity index (χ1n) is 4.15. The van der Waals surface area contributed by atoms with E-state index in [2.05, 4.69) is 22.8 Å². The Morgan fingerprint density at radius 3 is 2.92 bits per heavy atom. The number of hydrogen-bond acceptors (Lipinski definition) is 3. The minimum atomic E-state index is -0.319. The average molecular weight is 171 g/mol. The van der Waals surface area contributed by atoms with Crippen molar-refractivity contribution in [3.8, 4) is 6.07 Å². The summed E-state index contributed by atoms with van der Waals surface area (Å²) in [6.07, 6.45) is 3.50. The maximum Gasteiger partial charge on any atom is 0.0995 e. The monoisotopic (exact) mass is 171 g/mol. The summed E-state index contributed by atoms with van der Waals surface area (Å²) in [6.45, 7) is 3.44. The zero-order chi connectivity index (χ0) is 9.31. The van der Waals surface area contributed by atoms with Crippen LogP contribution in [0.2, 0.25) is 0 Å². The molecule has 0 atom stereocenters. The molecule has 0 saturated heterocycles. The second-order valence-corrected chi connectivity index (χ2v) is 3.25. The first-order valence-corrected chi connectivity index (χ1v) is 4.15. The molecule has 0 unspecified atom stereocenters. The highest BCUT2D eigenvalue weighted by molar-refractivity contribution is 5.48. The fraction of sp³-hybridized carbons (Fsp3) is 0.300. The van der Waals surface area contributed by atoms with Crippen LogP contribution in [0.4, 0.5) is 5.69 Å². The Morgan fingerprint density at radius 1 is 1.62 bits per heavy atom. The lowest BCUT2D eigenvalue weighted by Gasteiger charge is -2.04. The van der Waals surface area contributed by atoms with Crippen molar-refractivity contribution in [3.05, 3.63) is 24.0 Å². The molecule has 0 aromatic carbocycles. The summed E-state index contributed by atoms with van der Waals surface area (Å²) < 4.78 is 0. The number of aromatic nitrogens is 1. The van der Waals surface area contributed by atoms with Gasteiger partial charge in [-0.1, -0.05) is 0 Å². The van der Waals surface area contributed by atoms with E-state index in [1.165, 1.54) is 0 Å². The standard InChI is InChI=1S/C10H9N3/c1-12-8-2-5-13-9(6-8)10(7-11)3-4-10/h2,5-6H,1,3-4H2. The highest BCUT2D eigenvalue weighted by Gasteiger charge is 2.46. The van der Waals surface area contributed by atoms with Crippen molar-refractivity contribution in [1.82, 2.24) is 4.98 Å². The molecular formula is C10H9N3. The van der Waals surface area contributed by atoms with Crippen LogP contribution in [0.3, 0.4) is 0 Å². The van der Waals surface area contributed by atoms with Crippen molar-refractivity contribution in [2.75, 3.05) is 0 Å². The summed E-state index contributed by atoms with van der Waals surface area (Å²) in [4.78, 5) is 7.99. The lowest BCUT2D eigenvalue weighted by molar-refractivity contribution is 0.854. The first kappa shape index (κ1) is 7.93. The molecule has 13 heavy (non-hydrogen) atoms. The molecule has 0 amide bonds. The predicted octanol–water partition coefficient (Wildman–Crippen LogP) is 1.97. The molecule has 1 saturated carbocycles. The van der Waals surface area contributed by atoms with Gasteiger partial charge in [-0.15, -0.1) is 0 Å². The Kier molecular flexibility index (Phi) is 1.63. The molecule has 2 rings (SSSR count). The zero-order valence-electron chi connectivity index (χ0n) is 7.20. The molecule has 0 bridgehead atoms. The minimum Gasteiger partial charge on any atom is -0.265 e.